The van der Waals surface area contributed by atoms with Gasteiger partial charge in [-0.25, -0.2) is 14.5 Å². The van der Waals surface area contributed by atoms with Crippen molar-refractivity contribution >= 4 is 11.9 Å². The van der Waals surface area contributed by atoms with Gasteiger partial charge in [0.15, 0.2) is 6.61 Å². The van der Waals surface area contributed by atoms with E-state index in [4.69, 9.17) is 4.74 Å². The van der Waals surface area contributed by atoms with E-state index in [0.717, 1.165) is 24.1 Å². The first kappa shape index (κ1) is 19.8. The lowest BCUT2D eigenvalue weighted by Crippen LogP contribution is -2.31. The van der Waals surface area contributed by atoms with Crippen molar-refractivity contribution in [1.29, 1.82) is 0 Å². The molecule has 1 heterocycles. The molecule has 4 rings (SSSR count). The van der Waals surface area contributed by atoms with Crippen molar-refractivity contribution in [2.24, 2.45) is 0 Å². The molecule has 0 saturated carbocycles. The molecule has 1 amide bonds. The average Bonchev–Trinajstić information content (AvgIpc) is 3.32. The van der Waals surface area contributed by atoms with Gasteiger partial charge in [0, 0.05) is 0 Å². The number of amides is 1. The summed E-state index contributed by atoms with van der Waals surface area (Å²) in [6.45, 7) is 1.62. The van der Waals surface area contributed by atoms with Gasteiger partial charge in [0.1, 0.15) is 12.7 Å². The largest absolute Gasteiger partial charge is 0.452 e. The molecule has 0 saturated heterocycles. The standard InChI is InChI=1S/C23H24N4O3/c1-16(19-7-6-17-4-2-3-5-20(17)12-19)26-22(28)13-30-23(29)18-8-10-21(11-9-18)27-15-24-14-25-27/h6-12,14-16H,2-5,13H2,1H3,(H,26,28)/t16-/m1/s1. The number of benzene rings is 2. The van der Waals surface area contributed by atoms with E-state index >= 15 is 0 Å². The highest BCUT2D eigenvalue weighted by molar-refractivity contribution is 5.91. The zero-order valence-corrected chi connectivity index (χ0v) is 16.9. The summed E-state index contributed by atoms with van der Waals surface area (Å²) in [4.78, 5) is 28.4. The summed E-state index contributed by atoms with van der Waals surface area (Å²) in [6, 6.07) is 13.0. The Hall–Kier alpha value is -3.48. The lowest BCUT2D eigenvalue weighted by Gasteiger charge is -2.20. The summed E-state index contributed by atoms with van der Waals surface area (Å²) >= 11 is 0. The number of nitrogens with zero attached hydrogens (tertiary/aromatic N) is 3. The zero-order valence-electron chi connectivity index (χ0n) is 16.9. The van der Waals surface area contributed by atoms with Gasteiger partial charge < -0.3 is 10.1 Å². The summed E-state index contributed by atoms with van der Waals surface area (Å²) in [6.07, 6.45) is 7.69. The van der Waals surface area contributed by atoms with E-state index in [9.17, 15) is 9.59 Å². The first-order valence-electron chi connectivity index (χ1n) is 10.1. The Morgan fingerprint density at radius 2 is 1.87 bits per heavy atom. The molecule has 0 unspecified atom stereocenters. The predicted octanol–water partition coefficient (Wildman–Crippen LogP) is 3.18. The highest BCUT2D eigenvalue weighted by Crippen LogP contribution is 2.24. The minimum absolute atomic E-state index is 0.148. The number of ether oxygens (including phenoxy) is 1. The molecule has 3 aromatic rings. The van der Waals surface area contributed by atoms with Crippen molar-refractivity contribution in [3.05, 3.63) is 77.4 Å². The molecule has 1 aromatic heterocycles. The van der Waals surface area contributed by atoms with Crippen LogP contribution in [0.4, 0.5) is 0 Å². The van der Waals surface area contributed by atoms with Gasteiger partial charge in [-0.05, 0) is 73.6 Å². The molecule has 0 bridgehead atoms. The van der Waals surface area contributed by atoms with Gasteiger partial charge in [0.25, 0.3) is 5.91 Å². The van der Waals surface area contributed by atoms with Crippen LogP contribution in [0.1, 0.15) is 52.9 Å². The molecule has 1 atom stereocenters. The van der Waals surface area contributed by atoms with Gasteiger partial charge in [0.2, 0.25) is 0 Å². The number of carbonyl (C=O) groups excluding carboxylic acids is 2. The summed E-state index contributed by atoms with van der Waals surface area (Å²) in [5, 5.41) is 6.94. The Morgan fingerprint density at radius 3 is 2.60 bits per heavy atom. The van der Waals surface area contributed by atoms with Crippen LogP contribution < -0.4 is 5.32 Å². The third kappa shape index (κ3) is 4.56. The molecule has 0 spiro atoms. The average molecular weight is 404 g/mol. The molecule has 154 valence electrons. The van der Waals surface area contributed by atoms with Gasteiger partial charge in [0.05, 0.1) is 17.3 Å². The Labute approximate surface area is 175 Å². The maximum absolute atomic E-state index is 12.3. The molecule has 7 nitrogen and oxygen atoms in total. The summed E-state index contributed by atoms with van der Waals surface area (Å²) in [7, 11) is 0. The number of hydrogen-bond acceptors (Lipinski definition) is 5. The summed E-state index contributed by atoms with van der Waals surface area (Å²) in [5.41, 5.74) is 5.00. The molecule has 0 aliphatic heterocycles. The fourth-order valence-corrected chi connectivity index (χ4v) is 3.70. The van der Waals surface area contributed by atoms with Gasteiger partial charge in [-0.3, -0.25) is 4.79 Å². The number of aromatic nitrogens is 3. The van der Waals surface area contributed by atoms with Crippen molar-refractivity contribution < 1.29 is 14.3 Å². The predicted molar refractivity (Wildman–Crippen MR) is 111 cm³/mol. The Bertz CT molecular complexity index is 1030. The molecule has 30 heavy (non-hydrogen) atoms. The number of fused-ring (bicyclic) bond motifs is 1. The lowest BCUT2D eigenvalue weighted by molar-refractivity contribution is -0.124. The van der Waals surface area contributed by atoms with E-state index in [1.807, 2.05) is 6.92 Å². The number of aryl methyl sites for hydroxylation is 2. The lowest BCUT2D eigenvalue weighted by atomic mass is 9.89. The van der Waals surface area contributed by atoms with E-state index in [-0.39, 0.29) is 18.6 Å². The Morgan fingerprint density at radius 1 is 1.10 bits per heavy atom. The van der Waals surface area contributed by atoms with Crippen LogP contribution >= 0.6 is 0 Å². The molecule has 1 aliphatic rings. The first-order chi connectivity index (χ1) is 14.6. The number of hydrogen-bond donors (Lipinski definition) is 1. The van der Waals surface area contributed by atoms with Crippen LogP contribution in [-0.4, -0.2) is 33.2 Å². The third-order valence-corrected chi connectivity index (χ3v) is 5.37. The fraction of sp³-hybridized carbons (Fsp3) is 0.304. The molecule has 0 fully saturated rings. The normalized spacial score (nSPS) is 13.9. The van der Waals surface area contributed by atoms with Gasteiger partial charge in [-0.2, -0.15) is 5.10 Å². The van der Waals surface area contributed by atoms with Crippen molar-refractivity contribution in [1.82, 2.24) is 20.1 Å². The second-order valence-electron chi connectivity index (χ2n) is 7.49. The molecule has 1 aliphatic carbocycles. The topological polar surface area (TPSA) is 86.1 Å². The monoisotopic (exact) mass is 404 g/mol. The van der Waals surface area contributed by atoms with Gasteiger partial charge in [-0.15, -0.1) is 0 Å². The zero-order chi connectivity index (χ0) is 20.9. The fourth-order valence-electron chi connectivity index (χ4n) is 3.70. The number of nitrogens with one attached hydrogen (secondary N) is 1. The minimum Gasteiger partial charge on any atom is -0.452 e. The SMILES string of the molecule is C[C@@H](NC(=O)COC(=O)c1ccc(-n2cncn2)cc1)c1ccc2c(c1)CCCC2. The number of esters is 1. The van der Waals surface area contributed by atoms with Crippen LogP contribution in [0.15, 0.2) is 55.1 Å². The van der Waals surface area contributed by atoms with Crippen molar-refractivity contribution in [3.8, 4) is 5.69 Å². The second kappa shape index (κ2) is 8.90. The Kier molecular flexibility index (Phi) is 5.88. The van der Waals surface area contributed by atoms with Gasteiger partial charge in [-0.1, -0.05) is 18.2 Å². The molecular weight excluding hydrogens is 380 g/mol. The first-order valence-corrected chi connectivity index (χ1v) is 10.1. The molecule has 1 N–H and O–H groups in total. The van der Waals surface area contributed by atoms with Crippen molar-refractivity contribution in [3.63, 3.8) is 0 Å². The van der Waals surface area contributed by atoms with Crippen LogP contribution in [-0.2, 0) is 22.4 Å². The van der Waals surface area contributed by atoms with Crippen LogP contribution in [0.25, 0.3) is 5.69 Å². The third-order valence-electron chi connectivity index (χ3n) is 5.37. The summed E-state index contributed by atoms with van der Waals surface area (Å²) in [5.74, 6) is -0.871. The molecule has 2 aromatic carbocycles. The maximum Gasteiger partial charge on any atom is 0.338 e. The summed E-state index contributed by atoms with van der Waals surface area (Å²) < 4.78 is 6.75. The molecule has 0 radical (unpaired) electrons. The number of rotatable bonds is 6. The molecule has 7 heteroatoms. The van der Waals surface area contributed by atoms with Crippen LogP contribution in [0.3, 0.4) is 0 Å². The van der Waals surface area contributed by atoms with Gasteiger partial charge >= 0.3 is 5.97 Å². The van der Waals surface area contributed by atoms with E-state index in [1.165, 1.54) is 30.3 Å². The highest BCUT2D eigenvalue weighted by atomic mass is 16.5. The maximum atomic E-state index is 12.3. The van der Waals surface area contributed by atoms with Crippen molar-refractivity contribution in [2.45, 2.75) is 38.6 Å². The Balaban J connectivity index is 1.29. The highest BCUT2D eigenvalue weighted by Gasteiger charge is 2.16. The smallest absolute Gasteiger partial charge is 0.338 e. The number of carbonyl (C=O) groups is 2. The van der Waals surface area contributed by atoms with Crippen LogP contribution in [0.2, 0.25) is 0 Å². The van der Waals surface area contributed by atoms with E-state index in [2.05, 4.69) is 33.6 Å². The second-order valence-corrected chi connectivity index (χ2v) is 7.49. The van der Waals surface area contributed by atoms with Crippen LogP contribution in [0.5, 0.6) is 0 Å². The molecular formula is C23H24N4O3. The van der Waals surface area contributed by atoms with E-state index in [0.29, 0.717) is 5.56 Å². The quantitative estimate of drug-likeness (QED) is 0.638. The van der Waals surface area contributed by atoms with Crippen LogP contribution in [0, 0.1) is 0 Å². The van der Waals surface area contributed by atoms with E-state index in [1.54, 1.807) is 35.3 Å². The van der Waals surface area contributed by atoms with E-state index < -0.39 is 5.97 Å². The minimum atomic E-state index is -0.545. The van der Waals surface area contributed by atoms with Crippen molar-refractivity contribution in [2.75, 3.05) is 6.61 Å².